The molecular formula is C28H55N. The van der Waals surface area contributed by atoms with Crippen molar-refractivity contribution in [2.45, 2.75) is 121 Å². The standard InChI is InChI=1S/C12H19N.C7H16.C7H14.C2H6/c1-9(2)12(13)8-11-7-5-4-6-10(11)3;2*1-4-5-6-7(2)3;1-2/h8H,1,4-7,13H2,2-3H3;7H,4-6H2,1-3H3;4-5,7H,6H2,1-3H3;1-2H3/b12-8+;;5-4-;. The van der Waals surface area contributed by atoms with Gasteiger partial charge in [0.1, 0.15) is 0 Å². The zero-order chi connectivity index (χ0) is 23.2. The highest BCUT2D eigenvalue weighted by atomic mass is 14.6. The maximum Gasteiger partial charge on any atom is 0.0340 e. The first-order chi connectivity index (χ1) is 13.6. The molecule has 0 amide bonds. The fraction of sp³-hybridized carbons (Fsp3) is 0.714. The van der Waals surface area contributed by atoms with Gasteiger partial charge in [0.25, 0.3) is 0 Å². The van der Waals surface area contributed by atoms with Gasteiger partial charge >= 0.3 is 0 Å². The zero-order valence-electron chi connectivity index (χ0n) is 21.8. The lowest BCUT2D eigenvalue weighted by molar-refractivity contribution is 0.550. The van der Waals surface area contributed by atoms with E-state index >= 15 is 0 Å². The monoisotopic (exact) mass is 405 g/mol. The largest absolute Gasteiger partial charge is 0.399 e. The molecule has 0 fully saturated rings. The van der Waals surface area contributed by atoms with Crippen molar-refractivity contribution < 1.29 is 0 Å². The van der Waals surface area contributed by atoms with Crippen LogP contribution in [0.2, 0.25) is 0 Å². The van der Waals surface area contributed by atoms with Crippen LogP contribution in [0.5, 0.6) is 0 Å². The van der Waals surface area contributed by atoms with Gasteiger partial charge in [-0.2, -0.15) is 0 Å². The predicted octanol–water partition coefficient (Wildman–Crippen LogP) is 9.76. The van der Waals surface area contributed by atoms with Crippen molar-refractivity contribution in [3.8, 4) is 0 Å². The first kappa shape index (κ1) is 32.4. The summed E-state index contributed by atoms with van der Waals surface area (Å²) in [6, 6.07) is 0. The summed E-state index contributed by atoms with van der Waals surface area (Å²) < 4.78 is 0. The Morgan fingerprint density at radius 3 is 1.93 bits per heavy atom. The molecule has 1 nitrogen and oxygen atoms in total. The molecule has 2 N–H and O–H groups in total. The van der Waals surface area contributed by atoms with Crippen LogP contribution < -0.4 is 5.73 Å². The zero-order valence-corrected chi connectivity index (χ0v) is 21.8. The summed E-state index contributed by atoms with van der Waals surface area (Å²) in [6.07, 6.45) is 16.8. The molecule has 0 bridgehead atoms. The number of rotatable bonds is 7. The van der Waals surface area contributed by atoms with E-state index in [0.717, 1.165) is 23.1 Å². The molecule has 1 aliphatic rings. The number of hydrogen-bond acceptors (Lipinski definition) is 1. The molecule has 0 atom stereocenters. The Bertz CT molecular complexity index is 461. The number of nitrogens with two attached hydrogens (primary N) is 1. The first-order valence-corrected chi connectivity index (χ1v) is 12.1. The Balaban J connectivity index is -0.000000363. The fourth-order valence-electron chi connectivity index (χ4n) is 2.61. The van der Waals surface area contributed by atoms with Crippen molar-refractivity contribution in [1.29, 1.82) is 0 Å². The summed E-state index contributed by atoms with van der Waals surface area (Å²) in [5.41, 5.74) is 10.5. The minimum Gasteiger partial charge on any atom is -0.399 e. The van der Waals surface area contributed by atoms with E-state index in [4.69, 9.17) is 5.73 Å². The minimum atomic E-state index is 0.816. The van der Waals surface area contributed by atoms with Crippen molar-refractivity contribution in [2.24, 2.45) is 17.6 Å². The average Bonchev–Trinajstić information content (AvgIpc) is 2.68. The van der Waals surface area contributed by atoms with Crippen LogP contribution in [-0.4, -0.2) is 0 Å². The van der Waals surface area contributed by atoms with Crippen molar-refractivity contribution in [3.63, 3.8) is 0 Å². The van der Waals surface area contributed by atoms with Crippen LogP contribution in [-0.2, 0) is 0 Å². The van der Waals surface area contributed by atoms with E-state index in [-0.39, 0.29) is 0 Å². The van der Waals surface area contributed by atoms with Gasteiger partial charge in [0.15, 0.2) is 0 Å². The third-order valence-electron chi connectivity index (χ3n) is 4.60. The van der Waals surface area contributed by atoms with Crippen molar-refractivity contribution in [1.82, 2.24) is 0 Å². The number of hydrogen-bond donors (Lipinski definition) is 1. The smallest absolute Gasteiger partial charge is 0.0340 e. The van der Waals surface area contributed by atoms with Crippen molar-refractivity contribution in [3.05, 3.63) is 47.2 Å². The van der Waals surface area contributed by atoms with E-state index < -0.39 is 0 Å². The van der Waals surface area contributed by atoms with Crippen LogP contribution in [0.15, 0.2) is 47.2 Å². The van der Waals surface area contributed by atoms with E-state index in [0.29, 0.717) is 0 Å². The topological polar surface area (TPSA) is 26.0 Å². The summed E-state index contributed by atoms with van der Waals surface area (Å²) in [5.74, 6) is 1.72. The lowest BCUT2D eigenvalue weighted by Crippen LogP contribution is -2.01. The van der Waals surface area contributed by atoms with Crippen LogP contribution in [0.4, 0.5) is 0 Å². The normalized spacial score (nSPS) is 14.0. The molecular weight excluding hydrogens is 350 g/mol. The van der Waals surface area contributed by atoms with Gasteiger partial charge < -0.3 is 5.73 Å². The van der Waals surface area contributed by atoms with Gasteiger partial charge in [-0.1, -0.05) is 92.0 Å². The highest BCUT2D eigenvalue weighted by Crippen LogP contribution is 2.25. The van der Waals surface area contributed by atoms with Gasteiger partial charge in [-0.3, -0.25) is 0 Å². The van der Waals surface area contributed by atoms with Gasteiger partial charge in [-0.25, -0.2) is 0 Å². The summed E-state index contributed by atoms with van der Waals surface area (Å²) in [5, 5.41) is 0. The molecule has 0 radical (unpaired) electrons. The fourth-order valence-corrected chi connectivity index (χ4v) is 2.61. The van der Waals surface area contributed by atoms with E-state index in [1.807, 2.05) is 20.8 Å². The van der Waals surface area contributed by atoms with E-state index in [1.54, 1.807) is 0 Å². The van der Waals surface area contributed by atoms with Crippen LogP contribution >= 0.6 is 0 Å². The summed E-state index contributed by atoms with van der Waals surface area (Å²) in [7, 11) is 0. The highest BCUT2D eigenvalue weighted by molar-refractivity contribution is 5.35. The minimum absolute atomic E-state index is 0.816. The molecule has 0 saturated heterocycles. The molecule has 0 spiro atoms. The third-order valence-corrected chi connectivity index (χ3v) is 4.60. The van der Waals surface area contributed by atoms with E-state index in [2.05, 4.69) is 73.3 Å². The molecule has 1 aliphatic carbocycles. The van der Waals surface area contributed by atoms with E-state index in [1.165, 1.54) is 62.5 Å². The van der Waals surface area contributed by atoms with Gasteiger partial charge in [0.05, 0.1) is 0 Å². The Morgan fingerprint density at radius 1 is 1.07 bits per heavy atom. The molecule has 1 heteroatoms. The maximum absolute atomic E-state index is 5.84. The van der Waals surface area contributed by atoms with E-state index in [9.17, 15) is 0 Å². The molecule has 0 heterocycles. The Kier molecular flexibility index (Phi) is 25.8. The molecule has 1 rings (SSSR count). The Hall–Kier alpha value is -1.24. The molecule has 0 saturated carbocycles. The number of allylic oxidation sites excluding steroid dienone is 6. The molecule has 172 valence electrons. The second-order valence-electron chi connectivity index (χ2n) is 8.63. The molecule has 0 aromatic carbocycles. The Labute approximate surface area is 185 Å². The molecule has 0 unspecified atom stereocenters. The number of unbranched alkanes of at least 4 members (excludes halogenated alkanes) is 1. The lowest BCUT2D eigenvalue weighted by Gasteiger charge is -2.15. The second kappa shape index (κ2) is 23.0. The van der Waals surface area contributed by atoms with Crippen LogP contribution in [0, 0.1) is 11.8 Å². The van der Waals surface area contributed by atoms with Crippen molar-refractivity contribution >= 4 is 0 Å². The van der Waals surface area contributed by atoms with Gasteiger partial charge in [0, 0.05) is 5.70 Å². The first-order valence-electron chi connectivity index (χ1n) is 12.1. The lowest BCUT2D eigenvalue weighted by atomic mass is 9.92. The SMILES string of the molecule is C/C=C\CC(C)C.C=C(C)/C(N)=C\C1=C(C)CCCC1.CC.CCCCC(C)C. The average molecular weight is 406 g/mol. The Morgan fingerprint density at radius 2 is 1.62 bits per heavy atom. The molecule has 29 heavy (non-hydrogen) atoms. The molecule has 0 aromatic heterocycles. The maximum atomic E-state index is 5.84. The second-order valence-corrected chi connectivity index (χ2v) is 8.63. The van der Waals surface area contributed by atoms with Gasteiger partial charge in [-0.15, -0.1) is 0 Å². The summed E-state index contributed by atoms with van der Waals surface area (Å²) in [4.78, 5) is 0. The van der Waals surface area contributed by atoms with Crippen LogP contribution in [0.25, 0.3) is 0 Å². The van der Waals surface area contributed by atoms with Gasteiger partial charge in [0.2, 0.25) is 0 Å². The molecule has 0 aliphatic heterocycles. The third kappa shape index (κ3) is 24.7. The predicted molar refractivity (Wildman–Crippen MR) is 138 cm³/mol. The van der Waals surface area contributed by atoms with Crippen LogP contribution in [0.3, 0.4) is 0 Å². The summed E-state index contributed by atoms with van der Waals surface area (Å²) >= 11 is 0. The van der Waals surface area contributed by atoms with Crippen molar-refractivity contribution in [2.75, 3.05) is 0 Å². The summed E-state index contributed by atoms with van der Waals surface area (Å²) in [6.45, 7) is 25.3. The van der Waals surface area contributed by atoms with Gasteiger partial charge in [-0.05, 0) is 81.9 Å². The van der Waals surface area contributed by atoms with Crippen LogP contribution in [0.1, 0.15) is 121 Å². The quantitative estimate of drug-likeness (QED) is 0.331. The molecule has 0 aromatic rings. The highest BCUT2D eigenvalue weighted by Gasteiger charge is 2.07.